The number of nitrogens with one attached hydrogen (secondary N) is 1. The Bertz CT molecular complexity index is 1330. The highest BCUT2D eigenvalue weighted by atomic mass is 16.5. The molecule has 0 aromatic heterocycles. The molecule has 0 fully saturated rings. The number of carbonyl (C=O) groups excluding carboxylic acids is 2. The Balaban J connectivity index is 1.63. The second kappa shape index (κ2) is 12.7. The summed E-state index contributed by atoms with van der Waals surface area (Å²) in [5, 5.41) is 5.00. The molecule has 0 aliphatic rings. The molecule has 0 spiro atoms. The Labute approximate surface area is 219 Å². The predicted octanol–water partition coefficient (Wildman–Crippen LogP) is 5.69. The van der Waals surface area contributed by atoms with Crippen LogP contribution in [0.15, 0.2) is 97.1 Å². The van der Waals surface area contributed by atoms with Crippen LogP contribution in [-0.4, -0.2) is 35.9 Å². The molecule has 0 aliphatic carbocycles. The smallest absolute Gasteiger partial charge is 0.261 e. The summed E-state index contributed by atoms with van der Waals surface area (Å²) >= 11 is 0. The van der Waals surface area contributed by atoms with Crippen molar-refractivity contribution in [2.24, 2.45) is 0 Å². The van der Waals surface area contributed by atoms with Crippen LogP contribution in [0.2, 0.25) is 0 Å². The van der Waals surface area contributed by atoms with Crippen molar-refractivity contribution in [2.45, 2.75) is 39.3 Å². The van der Waals surface area contributed by atoms with E-state index in [2.05, 4.69) is 11.4 Å². The first-order valence-electron chi connectivity index (χ1n) is 12.8. The van der Waals surface area contributed by atoms with E-state index in [0.29, 0.717) is 25.3 Å². The molecule has 2 amide bonds. The molecule has 0 radical (unpaired) electrons. The maximum Gasteiger partial charge on any atom is 0.261 e. The lowest BCUT2D eigenvalue weighted by Gasteiger charge is -2.31. The van der Waals surface area contributed by atoms with Gasteiger partial charge in [0, 0.05) is 24.9 Å². The summed E-state index contributed by atoms with van der Waals surface area (Å²) in [7, 11) is 0. The second-order valence-corrected chi connectivity index (χ2v) is 9.27. The average molecular weight is 495 g/mol. The van der Waals surface area contributed by atoms with Crippen LogP contribution in [-0.2, 0) is 22.6 Å². The molecule has 5 heteroatoms. The van der Waals surface area contributed by atoms with E-state index in [1.165, 1.54) is 0 Å². The van der Waals surface area contributed by atoms with E-state index >= 15 is 0 Å². The van der Waals surface area contributed by atoms with Gasteiger partial charge in [0.2, 0.25) is 5.91 Å². The SMILES string of the molecule is CCCNC(=O)[C@H](Cc1ccccc1)N(Cc1cccc(C)c1)C(=O)COc1cccc2ccccc12. The van der Waals surface area contributed by atoms with Crippen LogP contribution in [0, 0.1) is 6.92 Å². The maximum atomic E-state index is 13.8. The number of hydrogen-bond donors (Lipinski definition) is 1. The minimum atomic E-state index is -0.668. The summed E-state index contributed by atoms with van der Waals surface area (Å²) in [6.07, 6.45) is 1.24. The van der Waals surface area contributed by atoms with Gasteiger partial charge in [-0.15, -0.1) is 0 Å². The molecule has 0 saturated carbocycles. The first-order valence-corrected chi connectivity index (χ1v) is 12.8. The highest BCUT2D eigenvalue weighted by Gasteiger charge is 2.30. The van der Waals surface area contributed by atoms with E-state index in [1.807, 2.05) is 105 Å². The highest BCUT2D eigenvalue weighted by molar-refractivity contribution is 5.90. The monoisotopic (exact) mass is 494 g/mol. The Morgan fingerprint density at radius 2 is 1.57 bits per heavy atom. The number of benzene rings is 4. The molecular formula is C32H34N2O3. The predicted molar refractivity (Wildman–Crippen MR) is 148 cm³/mol. The summed E-state index contributed by atoms with van der Waals surface area (Å²) in [6.45, 7) is 4.75. The number of aryl methyl sites for hydroxylation is 1. The van der Waals surface area contributed by atoms with E-state index in [0.717, 1.165) is 33.9 Å². The van der Waals surface area contributed by atoms with Gasteiger partial charge in [-0.1, -0.05) is 103 Å². The number of rotatable bonds is 11. The molecule has 0 heterocycles. The minimum absolute atomic E-state index is 0.156. The molecule has 4 rings (SSSR count). The quantitative estimate of drug-likeness (QED) is 0.291. The van der Waals surface area contributed by atoms with E-state index < -0.39 is 6.04 Å². The van der Waals surface area contributed by atoms with Gasteiger partial charge in [-0.25, -0.2) is 0 Å². The van der Waals surface area contributed by atoms with E-state index in [9.17, 15) is 9.59 Å². The van der Waals surface area contributed by atoms with Gasteiger partial charge < -0.3 is 15.0 Å². The van der Waals surface area contributed by atoms with Crippen LogP contribution in [0.5, 0.6) is 5.75 Å². The molecule has 1 atom stereocenters. The number of hydrogen-bond acceptors (Lipinski definition) is 3. The lowest BCUT2D eigenvalue weighted by Crippen LogP contribution is -2.51. The first kappa shape index (κ1) is 26.0. The van der Waals surface area contributed by atoms with Crippen molar-refractivity contribution in [3.05, 3.63) is 114 Å². The van der Waals surface area contributed by atoms with Gasteiger partial charge in [0.15, 0.2) is 6.61 Å². The van der Waals surface area contributed by atoms with Gasteiger partial charge in [0.25, 0.3) is 5.91 Å². The number of nitrogens with zero attached hydrogens (tertiary/aromatic N) is 1. The standard InChI is InChI=1S/C32H34N2O3/c1-3-19-33-32(36)29(21-25-12-5-4-6-13-25)34(22-26-14-9-11-24(2)20-26)31(35)23-37-30-18-10-16-27-15-7-8-17-28(27)30/h4-18,20,29H,3,19,21-23H2,1-2H3,(H,33,36)/t29-/m0/s1. The van der Waals surface area contributed by atoms with Crippen molar-refractivity contribution in [3.8, 4) is 5.75 Å². The molecule has 190 valence electrons. The Hall–Kier alpha value is -4.12. The molecule has 5 nitrogen and oxygen atoms in total. The van der Waals surface area contributed by atoms with E-state index in [1.54, 1.807) is 4.90 Å². The largest absolute Gasteiger partial charge is 0.483 e. The first-order chi connectivity index (χ1) is 18.0. The Morgan fingerprint density at radius 3 is 2.35 bits per heavy atom. The van der Waals surface area contributed by atoms with Crippen molar-refractivity contribution in [2.75, 3.05) is 13.2 Å². The van der Waals surface area contributed by atoms with E-state index in [-0.39, 0.29) is 18.4 Å². The molecule has 4 aromatic rings. The third kappa shape index (κ3) is 6.98. The van der Waals surface area contributed by atoms with Crippen molar-refractivity contribution in [1.29, 1.82) is 0 Å². The molecule has 0 aliphatic heterocycles. The zero-order valence-corrected chi connectivity index (χ0v) is 21.5. The summed E-state index contributed by atoms with van der Waals surface area (Å²) in [5.41, 5.74) is 3.07. The summed E-state index contributed by atoms with van der Waals surface area (Å²) in [6, 6.07) is 30.9. The topological polar surface area (TPSA) is 58.6 Å². The molecule has 0 saturated heterocycles. The summed E-state index contributed by atoms with van der Waals surface area (Å²) < 4.78 is 6.06. The van der Waals surface area contributed by atoms with Crippen molar-refractivity contribution in [1.82, 2.24) is 10.2 Å². The molecular weight excluding hydrogens is 460 g/mol. The van der Waals surface area contributed by atoms with Crippen LogP contribution in [0.1, 0.15) is 30.0 Å². The highest BCUT2D eigenvalue weighted by Crippen LogP contribution is 2.25. The van der Waals surface area contributed by atoms with Crippen molar-refractivity contribution < 1.29 is 14.3 Å². The number of amides is 2. The fraction of sp³-hybridized carbons (Fsp3) is 0.250. The van der Waals surface area contributed by atoms with Gasteiger partial charge in [-0.2, -0.15) is 0 Å². The van der Waals surface area contributed by atoms with Gasteiger partial charge in [-0.3, -0.25) is 9.59 Å². The van der Waals surface area contributed by atoms with Gasteiger partial charge in [0.1, 0.15) is 11.8 Å². The number of ether oxygens (including phenoxy) is 1. The normalized spacial score (nSPS) is 11.6. The number of carbonyl (C=O) groups is 2. The van der Waals surface area contributed by atoms with E-state index in [4.69, 9.17) is 4.74 Å². The lowest BCUT2D eigenvalue weighted by molar-refractivity contribution is -0.142. The maximum absolute atomic E-state index is 13.8. The third-order valence-electron chi connectivity index (χ3n) is 6.36. The van der Waals surface area contributed by atoms with Crippen LogP contribution in [0.25, 0.3) is 10.8 Å². The van der Waals surface area contributed by atoms with Crippen LogP contribution in [0.3, 0.4) is 0 Å². The van der Waals surface area contributed by atoms with Crippen LogP contribution >= 0.6 is 0 Å². The summed E-state index contributed by atoms with van der Waals surface area (Å²) in [5.74, 6) is 0.260. The minimum Gasteiger partial charge on any atom is -0.483 e. The zero-order chi connectivity index (χ0) is 26.0. The molecule has 0 bridgehead atoms. The van der Waals surface area contributed by atoms with Crippen molar-refractivity contribution >= 4 is 22.6 Å². The number of fused-ring (bicyclic) bond motifs is 1. The molecule has 4 aromatic carbocycles. The van der Waals surface area contributed by atoms with Crippen LogP contribution in [0.4, 0.5) is 0 Å². The zero-order valence-electron chi connectivity index (χ0n) is 21.5. The van der Waals surface area contributed by atoms with Crippen LogP contribution < -0.4 is 10.1 Å². The van der Waals surface area contributed by atoms with Gasteiger partial charge in [0.05, 0.1) is 0 Å². The Morgan fingerprint density at radius 1 is 0.865 bits per heavy atom. The molecule has 0 unspecified atom stereocenters. The van der Waals surface area contributed by atoms with Gasteiger partial charge in [-0.05, 0) is 35.9 Å². The third-order valence-corrected chi connectivity index (χ3v) is 6.36. The van der Waals surface area contributed by atoms with Gasteiger partial charge >= 0.3 is 0 Å². The summed E-state index contributed by atoms with van der Waals surface area (Å²) in [4.78, 5) is 28.9. The second-order valence-electron chi connectivity index (χ2n) is 9.27. The fourth-order valence-electron chi connectivity index (χ4n) is 4.47. The lowest BCUT2D eigenvalue weighted by atomic mass is 10.0. The average Bonchev–Trinajstić information content (AvgIpc) is 2.93. The molecule has 1 N–H and O–H groups in total. The Kier molecular flexibility index (Phi) is 8.93. The molecule has 37 heavy (non-hydrogen) atoms. The van der Waals surface area contributed by atoms with Crippen molar-refractivity contribution in [3.63, 3.8) is 0 Å². The fourth-order valence-corrected chi connectivity index (χ4v) is 4.47.